The number of nitrogens with zero attached hydrogens (tertiary/aromatic N) is 2. The highest BCUT2D eigenvalue weighted by Crippen LogP contribution is 2.27. The van der Waals surface area contributed by atoms with Crippen molar-refractivity contribution in [3.05, 3.63) is 24.0 Å². The predicted molar refractivity (Wildman–Crippen MR) is 87.4 cm³/mol. The fraction of sp³-hybridized carbons (Fsp3) is 0.643. The fourth-order valence-electron chi connectivity index (χ4n) is 2.34. The van der Waals surface area contributed by atoms with Gasteiger partial charge in [0.15, 0.2) is 9.84 Å². The Morgan fingerprint density at radius 1 is 1.48 bits per heavy atom. The van der Waals surface area contributed by atoms with Gasteiger partial charge in [-0.1, -0.05) is 13.8 Å². The van der Waals surface area contributed by atoms with Gasteiger partial charge >= 0.3 is 0 Å². The van der Waals surface area contributed by atoms with Crippen LogP contribution in [0.3, 0.4) is 0 Å². The van der Waals surface area contributed by atoms with Crippen molar-refractivity contribution >= 4 is 27.3 Å². The van der Waals surface area contributed by atoms with Crippen molar-refractivity contribution in [2.45, 2.75) is 31.7 Å². The maximum Gasteiger partial charge on any atom is 0.171 e. The molecular weight excluding hydrogens is 308 g/mol. The quantitative estimate of drug-likeness (QED) is 0.888. The van der Waals surface area contributed by atoms with E-state index < -0.39 is 21.3 Å². The van der Waals surface area contributed by atoms with Crippen molar-refractivity contribution in [1.29, 1.82) is 0 Å². The van der Waals surface area contributed by atoms with E-state index in [0.717, 1.165) is 11.4 Å². The van der Waals surface area contributed by atoms with Crippen LogP contribution in [0.4, 0.5) is 5.69 Å². The molecule has 0 aliphatic carbocycles. The Labute approximate surface area is 130 Å². The molecule has 1 aromatic heterocycles. The lowest BCUT2D eigenvalue weighted by Crippen LogP contribution is -2.48. The van der Waals surface area contributed by atoms with Gasteiger partial charge in [-0.05, 0) is 18.6 Å². The number of sulfone groups is 1. The average Bonchev–Trinajstić information content (AvgIpc) is 2.54. The molecule has 1 N–H and O–H groups in total. The monoisotopic (exact) mass is 330 g/mol. The van der Waals surface area contributed by atoms with Gasteiger partial charge in [-0.15, -0.1) is 0 Å². The van der Waals surface area contributed by atoms with Crippen LogP contribution in [-0.2, 0) is 9.84 Å². The average molecular weight is 330 g/mol. The molecule has 2 rings (SSSR count). The van der Waals surface area contributed by atoms with Crippen LogP contribution in [0.5, 0.6) is 0 Å². The molecule has 21 heavy (non-hydrogen) atoms. The van der Waals surface area contributed by atoms with Crippen molar-refractivity contribution in [1.82, 2.24) is 4.98 Å². The summed E-state index contributed by atoms with van der Waals surface area (Å²) in [5, 5.41) is 9.29. The standard InChI is InChI=1S/C14H22N2O3S2/c1-3-13(17)12-6-5-11(9-15-12)16-7-8-20-10-14(16)21(18,19)4-2/h5-6,9,13-14,17H,3-4,7-8,10H2,1-2H3/t13-,14?/m1/s1. The predicted octanol–water partition coefficient (Wildman–Crippen LogP) is 1.84. The van der Waals surface area contributed by atoms with Gasteiger partial charge in [-0.25, -0.2) is 8.42 Å². The molecule has 1 unspecified atom stereocenters. The Balaban J connectivity index is 2.26. The molecule has 5 nitrogen and oxygen atoms in total. The lowest BCUT2D eigenvalue weighted by Gasteiger charge is -2.36. The van der Waals surface area contributed by atoms with E-state index >= 15 is 0 Å². The molecule has 118 valence electrons. The van der Waals surface area contributed by atoms with Crippen LogP contribution in [0.1, 0.15) is 32.1 Å². The Hall–Kier alpha value is -0.790. The number of aliphatic hydroxyl groups is 1. The first kappa shape index (κ1) is 16.6. The number of hydrogen-bond acceptors (Lipinski definition) is 6. The third kappa shape index (κ3) is 3.70. The van der Waals surface area contributed by atoms with Gasteiger partial charge in [0.2, 0.25) is 0 Å². The van der Waals surface area contributed by atoms with Crippen LogP contribution >= 0.6 is 11.8 Å². The van der Waals surface area contributed by atoms with Gasteiger partial charge in [0.1, 0.15) is 5.37 Å². The normalized spacial score (nSPS) is 21.3. The third-order valence-corrected chi connectivity index (χ3v) is 7.02. The second-order valence-electron chi connectivity index (χ2n) is 5.04. The summed E-state index contributed by atoms with van der Waals surface area (Å²) in [6.07, 6.45) is 1.72. The Bertz CT molecular complexity index is 560. The van der Waals surface area contributed by atoms with Crippen LogP contribution < -0.4 is 4.90 Å². The molecule has 0 radical (unpaired) electrons. The van der Waals surface area contributed by atoms with Gasteiger partial charge in [0.05, 0.1) is 23.7 Å². The number of rotatable bonds is 5. The maximum absolute atomic E-state index is 12.2. The van der Waals surface area contributed by atoms with E-state index in [1.165, 1.54) is 0 Å². The van der Waals surface area contributed by atoms with Crippen LogP contribution in [-0.4, -0.2) is 47.7 Å². The molecule has 2 heterocycles. The molecule has 7 heteroatoms. The molecule has 0 bridgehead atoms. The van der Waals surface area contributed by atoms with Crippen molar-refractivity contribution in [2.24, 2.45) is 0 Å². The highest BCUT2D eigenvalue weighted by atomic mass is 32.2. The highest BCUT2D eigenvalue weighted by Gasteiger charge is 2.33. The van der Waals surface area contributed by atoms with E-state index in [4.69, 9.17) is 0 Å². The lowest BCUT2D eigenvalue weighted by atomic mass is 10.2. The van der Waals surface area contributed by atoms with Crippen molar-refractivity contribution in [3.63, 3.8) is 0 Å². The first-order chi connectivity index (χ1) is 9.99. The molecule has 0 saturated carbocycles. The molecule has 1 aromatic rings. The van der Waals surface area contributed by atoms with Gasteiger partial charge < -0.3 is 10.0 Å². The number of anilines is 1. The summed E-state index contributed by atoms with van der Waals surface area (Å²) >= 11 is 1.67. The minimum absolute atomic E-state index is 0.148. The van der Waals surface area contributed by atoms with E-state index in [1.54, 1.807) is 30.9 Å². The Morgan fingerprint density at radius 2 is 2.24 bits per heavy atom. The summed E-state index contributed by atoms with van der Waals surface area (Å²) < 4.78 is 24.5. The van der Waals surface area contributed by atoms with Gasteiger partial charge in [0.25, 0.3) is 0 Å². The Kier molecular flexibility index (Phi) is 5.51. The molecule has 1 fully saturated rings. The summed E-state index contributed by atoms with van der Waals surface area (Å²) in [5.41, 5.74) is 1.44. The number of hydrogen-bond donors (Lipinski definition) is 1. The summed E-state index contributed by atoms with van der Waals surface area (Å²) in [7, 11) is -3.12. The number of pyridine rings is 1. The van der Waals surface area contributed by atoms with E-state index in [-0.39, 0.29) is 5.75 Å². The second-order valence-corrected chi connectivity index (χ2v) is 8.64. The van der Waals surface area contributed by atoms with E-state index in [0.29, 0.717) is 24.4 Å². The topological polar surface area (TPSA) is 70.5 Å². The number of thioether (sulfide) groups is 1. The maximum atomic E-state index is 12.2. The molecule has 2 atom stereocenters. The van der Waals surface area contributed by atoms with E-state index in [1.807, 2.05) is 17.9 Å². The zero-order valence-corrected chi connectivity index (χ0v) is 14.0. The van der Waals surface area contributed by atoms with Crippen molar-refractivity contribution in [2.75, 3.05) is 28.7 Å². The van der Waals surface area contributed by atoms with Crippen molar-refractivity contribution < 1.29 is 13.5 Å². The van der Waals surface area contributed by atoms with Crippen molar-refractivity contribution in [3.8, 4) is 0 Å². The smallest absolute Gasteiger partial charge is 0.171 e. The largest absolute Gasteiger partial charge is 0.387 e. The second kappa shape index (κ2) is 6.98. The molecule has 1 saturated heterocycles. The summed E-state index contributed by atoms with van der Waals surface area (Å²) in [6, 6.07) is 3.64. The SMILES string of the molecule is CC[C@@H](O)c1ccc(N2CCSCC2S(=O)(=O)CC)cn1. The first-order valence-corrected chi connectivity index (χ1v) is 10.1. The summed E-state index contributed by atoms with van der Waals surface area (Å²) in [6.45, 7) is 4.28. The van der Waals surface area contributed by atoms with Crippen LogP contribution in [0, 0.1) is 0 Å². The minimum Gasteiger partial charge on any atom is -0.387 e. The summed E-state index contributed by atoms with van der Waals surface area (Å²) in [4.78, 5) is 6.19. The minimum atomic E-state index is -3.12. The zero-order chi connectivity index (χ0) is 15.5. The molecule has 0 spiro atoms. The van der Waals surface area contributed by atoms with E-state index in [2.05, 4.69) is 4.98 Å². The Morgan fingerprint density at radius 3 is 2.81 bits per heavy atom. The fourth-order valence-corrected chi connectivity index (χ4v) is 5.33. The first-order valence-electron chi connectivity index (χ1n) is 7.19. The van der Waals surface area contributed by atoms with Crippen LogP contribution in [0.25, 0.3) is 0 Å². The zero-order valence-electron chi connectivity index (χ0n) is 12.4. The lowest BCUT2D eigenvalue weighted by molar-refractivity contribution is 0.169. The van der Waals surface area contributed by atoms with Crippen LogP contribution in [0.15, 0.2) is 18.3 Å². The van der Waals surface area contributed by atoms with Gasteiger partial charge in [-0.2, -0.15) is 11.8 Å². The molecular formula is C14H22N2O3S2. The van der Waals surface area contributed by atoms with Gasteiger partial charge in [-0.3, -0.25) is 4.98 Å². The number of aromatic nitrogens is 1. The molecule has 0 aromatic carbocycles. The highest BCUT2D eigenvalue weighted by molar-refractivity contribution is 8.01. The third-order valence-electron chi connectivity index (χ3n) is 3.73. The van der Waals surface area contributed by atoms with E-state index in [9.17, 15) is 13.5 Å². The van der Waals surface area contributed by atoms with Crippen LogP contribution in [0.2, 0.25) is 0 Å². The molecule has 0 amide bonds. The molecule has 1 aliphatic rings. The van der Waals surface area contributed by atoms with Gasteiger partial charge in [0, 0.05) is 23.8 Å². The molecule has 1 aliphatic heterocycles. The number of aliphatic hydroxyl groups excluding tert-OH is 1. The summed E-state index contributed by atoms with van der Waals surface area (Å²) in [5.74, 6) is 1.65.